The first-order valence-electron chi connectivity index (χ1n) is 8.70. The average Bonchev–Trinajstić information content (AvgIpc) is 2.68. The molecule has 0 atom stereocenters. The maximum Gasteiger partial charge on any atom is 0.243 e. The summed E-state index contributed by atoms with van der Waals surface area (Å²) in [7, 11) is -3.72. The molecular weight excluding hydrogens is 369 g/mol. The molecule has 0 bridgehead atoms. The first kappa shape index (κ1) is 19.4. The minimum absolute atomic E-state index is 0.0820. The normalized spacial score (nSPS) is 16.2. The van der Waals surface area contributed by atoms with Gasteiger partial charge in [0.05, 0.1) is 4.90 Å². The van der Waals surface area contributed by atoms with Crippen molar-refractivity contribution in [3.8, 4) is 0 Å². The van der Waals surface area contributed by atoms with E-state index in [1.54, 1.807) is 12.1 Å². The number of benzene rings is 2. The zero-order valence-electron chi connectivity index (χ0n) is 14.9. The van der Waals surface area contributed by atoms with Gasteiger partial charge in [-0.15, -0.1) is 0 Å². The van der Waals surface area contributed by atoms with E-state index < -0.39 is 15.8 Å². The summed E-state index contributed by atoms with van der Waals surface area (Å²) in [5.74, 6) is -0.980. The molecule has 1 fully saturated rings. The second-order valence-corrected chi connectivity index (χ2v) is 8.57. The van der Waals surface area contributed by atoms with Crippen LogP contribution in [-0.4, -0.2) is 37.4 Å². The summed E-state index contributed by atoms with van der Waals surface area (Å²) in [5, 5.41) is 0. The highest BCUT2D eigenvalue weighted by molar-refractivity contribution is 7.89. The van der Waals surface area contributed by atoms with E-state index in [1.165, 1.54) is 47.6 Å². The number of sulfonamides is 1. The van der Waals surface area contributed by atoms with Gasteiger partial charge < -0.3 is 0 Å². The van der Waals surface area contributed by atoms with Crippen molar-refractivity contribution in [2.45, 2.75) is 24.7 Å². The number of halogens is 1. The lowest BCUT2D eigenvalue weighted by molar-refractivity contribution is 0.0874. The lowest BCUT2D eigenvalue weighted by atomic mass is 9.90. The zero-order valence-corrected chi connectivity index (χ0v) is 15.7. The fourth-order valence-corrected chi connectivity index (χ4v) is 4.75. The maximum absolute atomic E-state index is 13.0. The second kappa shape index (κ2) is 7.70. The largest absolute Gasteiger partial charge is 0.295 e. The number of hydrogen-bond acceptors (Lipinski definition) is 4. The van der Waals surface area contributed by atoms with Crippen molar-refractivity contribution < 1.29 is 22.4 Å². The Labute approximate surface area is 157 Å². The monoisotopic (exact) mass is 389 g/mol. The Balaban J connectivity index is 1.71. The summed E-state index contributed by atoms with van der Waals surface area (Å²) in [6.07, 6.45) is 0.809. The van der Waals surface area contributed by atoms with E-state index in [9.17, 15) is 22.4 Å². The van der Waals surface area contributed by atoms with Crippen LogP contribution in [0, 0.1) is 11.7 Å². The van der Waals surface area contributed by atoms with Gasteiger partial charge in [0.1, 0.15) is 5.82 Å². The second-order valence-electron chi connectivity index (χ2n) is 6.63. The van der Waals surface area contributed by atoms with Crippen LogP contribution in [0.1, 0.15) is 40.5 Å². The summed E-state index contributed by atoms with van der Waals surface area (Å²) in [5.41, 5.74) is 0.782. The van der Waals surface area contributed by atoms with Gasteiger partial charge in [-0.25, -0.2) is 12.8 Å². The molecule has 142 valence electrons. The van der Waals surface area contributed by atoms with E-state index in [0.29, 0.717) is 24.0 Å². The Morgan fingerprint density at radius 3 is 2.22 bits per heavy atom. The van der Waals surface area contributed by atoms with Gasteiger partial charge in [-0.2, -0.15) is 4.31 Å². The molecule has 1 saturated heterocycles. The third-order valence-electron chi connectivity index (χ3n) is 4.83. The number of hydrogen-bond donors (Lipinski definition) is 0. The smallest absolute Gasteiger partial charge is 0.243 e. The van der Waals surface area contributed by atoms with E-state index in [4.69, 9.17) is 0 Å². The van der Waals surface area contributed by atoms with Gasteiger partial charge in [0, 0.05) is 30.1 Å². The Morgan fingerprint density at radius 1 is 1.00 bits per heavy atom. The number of nitrogens with zero attached hydrogens (tertiary/aromatic N) is 1. The van der Waals surface area contributed by atoms with Gasteiger partial charge in [-0.05, 0) is 56.2 Å². The van der Waals surface area contributed by atoms with E-state index >= 15 is 0 Å². The molecule has 1 aliphatic rings. The highest BCUT2D eigenvalue weighted by Gasteiger charge is 2.32. The predicted molar refractivity (Wildman–Crippen MR) is 98.7 cm³/mol. The Hall–Kier alpha value is -2.38. The van der Waals surface area contributed by atoms with Crippen LogP contribution in [-0.2, 0) is 10.0 Å². The minimum atomic E-state index is -3.72. The Kier molecular flexibility index (Phi) is 5.53. The first-order chi connectivity index (χ1) is 12.8. The fourth-order valence-electron chi connectivity index (χ4n) is 3.23. The molecule has 27 heavy (non-hydrogen) atoms. The topological polar surface area (TPSA) is 71.5 Å². The van der Waals surface area contributed by atoms with Crippen LogP contribution < -0.4 is 0 Å². The molecule has 3 rings (SSSR count). The number of carbonyl (C=O) groups is 2. The van der Waals surface area contributed by atoms with Gasteiger partial charge in [-0.3, -0.25) is 9.59 Å². The highest BCUT2D eigenvalue weighted by Crippen LogP contribution is 2.26. The van der Waals surface area contributed by atoms with Crippen LogP contribution in [0.15, 0.2) is 53.4 Å². The molecule has 0 amide bonds. The molecule has 0 spiro atoms. The number of rotatable bonds is 5. The van der Waals surface area contributed by atoms with E-state index in [0.717, 1.165) is 0 Å². The molecular formula is C20H20FNO4S. The first-order valence-corrected chi connectivity index (χ1v) is 10.1. The lowest BCUT2D eigenvalue weighted by Gasteiger charge is -2.30. The molecule has 0 unspecified atom stereocenters. The van der Waals surface area contributed by atoms with Crippen molar-refractivity contribution in [1.82, 2.24) is 4.31 Å². The van der Waals surface area contributed by atoms with Crippen LogP contribution in [0.4, 0.5) is 4.39 Å². The Bertz CT molecular complexity index is 962. The van der Waals surface area contributed by atoms with Crippen molar-refractivity contribution in [3.05, 3.63) is 65.5 Å². The molecule has 5 nitrogen and oxygen atoms in total. The minimum Gasteiger partial charge on any atom is -0.295 e. The molecule has 1 aliphatic heterocycles. The predicted octanol–water partition coefficient (Wildman–Crippen LogP) is 3.31. The van der Waals surface area contributed by atoms with Gasteiger partial charge >= 0.3 is 0 Å². The summed E-state index contributed by atoms with van der Waals surface area (Å²) >= 11 is 0. The van der Waals surface area contributed by atoms with Crippen LogP contribution in [0.2, 0.25) is 0 Å². The molecule has 2 aromatic rings. The lowest BCUT2D eigenvalue weighted by Crippen LogP contribution is -2.40. The number of piperidine rings is 1. The molecule has 2 aromatic carbocycles. The zero-order chi connectivity index (χ0) is 19.6. The highest BCUT2D eigenvalue weighted by atomic mass is 32.2. The molecule has 0 N–H and O–H groups in total. The quantitative estimate of drug-likeness (QED) is 0.736. The molecule has 0 saturated carbocycles. The summed E-state index contributed by atoms with van der Waals surface area (Å²) in [6.45, 7) is 1.84. The van der Waals surface area contributed by atoms with Crippen LogP contribution in [0.5, 0.6) is 0 Å². The fraction of sp³-hybridized carbons (Fsp3) is 0.300. The van der Waals surface area contributed by atoms with Gasteiger partial charge in [0.15, 0.2) is 11.6 Å². The van der Waals surface area contributed by atoms with Crippen molar-refractivity contribution in [3.63, 3.8) is 0 Å². The standard InChI is InChI=1S/C20H20FNO4S/c1-14(23)17-3-2-4-19(13-17)27(25,26)22-11-9-16(10-12-22)20(24)15-5-7-18(21)8-6-15/h2-8,13,16H,9-12H2,1H3. The van der Waals surface area contributed by atoms with Crippen LogP contribution in [0.25, 0.3) is 0 Å². The van der Waals surface area contributed by atoms with Gasteiger partial charge in [0.2, 0.25) is 10.0 Å². The van der Waals surface area contributed by atoms with Crippen molar-refractivity contribution >= 4 is 21.6 Å². The van der Waals surface area contributed by atoms with Crippen molar-refractivity contribution in [1.29, 1.82) is 0 Å². The SMILES string of the molecule is CC(=O)c1cccc(S(=O)(=O)N2CCC(C(=O)c3ccc(F)cc3)CC2)c1. The maximum atomic E-state index is 13.0. The average molecular weight is 389 g/mol. The molecule has 0 aromatic heterocycles. The number of carbonyl (C=O) groups excluding carboxylic acids is 2. The van der Waals surface area contributed by atoms with E-state index in [1.807, 2.05) is 0 Å². The molecule has 7 heteroatoms. The molecule has 0 radical (unpaired) electrons. The number of ketones is 2. The third-order valence-corrected chi connectivity index (χ3v) is 6.73. The van der Waals surface area contributed by atoms with Gasteiger partial charge in [-0.1, -0.05) is 12.1 Å². The van der Waals surface area contributed by atoms with E-state index in [-0.39, 0.29) is 35.5 Å². The molecule has 1 heterocycles. The van der Waals surface area contributed by atoms with Crippen LogP contribution in [0.3, 0.4) is 0 Å². The van der Waals surface area contributed by atoms with Crippen molar-refractivity contribution in [2.24, 2.45) is 5.92 Å². The number of Topliss-reactive ketones (excluding diaryl/α,β-unsaturated/α-hetero) is 2. The Morgan fingerprint density at radius 2 is 1.63 bits per heavy atom. The molecule has 0 aliphatic carbocycles. The van der Waals surface area contributed by atoms with Crippen LogP contribution >= 0.6 is 0 Å². The summed E-state index contributed by atoms with van der Waals surface area (Å²) < 4.78 is 40.0. The van der Waals surface area contributed by atoms with Gasteiger partial charge in [0.25, 0.3) is 0 Å². The summed E-state index contributed by atoms with van der Waals surface area (Å²) in [4.78, 5) is 24.1. The third kappa shape index (κ3) is 4.14. The summed E-state index contributed by atoms with van der Waals surface area (Å²) in [6, 6.07) is 11.4. The van der Waals surface area contributed by atoms with Crippen molar-refractivity contribution in [2.75, 3.05) is 13.1 Å². The van der Waals surface area contributed by atoms with E-state index in [2.05, 4.69) is 0 Å².